The first-order valence-electron chi connectivity index (χ1n) is 6.56. The minimum Gasteiger partial charge on any atom is -0.505 e. The van der Waals surface area contributed by atoms with Crippen molar-refractivity contribution in [3.05, 3.63) is 59.2 Å². The van der Waals surface area contributed by atoms with Crippen LogP contribution in [0.15, 0.2) is 42.5 Å². The minimum absolute atomic E-state index is 0.172. The largest absolute Gasteiger partial charge is 0.505 e. The molecule has 0 bridgehead atoms. The first-order valence-corrected chi connectivity index (χ1v) is 6.56. The molecule has 0 aliphatic rings. The van der Waals surface area contributed by atoms with Crippen molar-refractivity contribution in [3.8, 4) is 5.75 Å². The molecule has 0 unspecified atom stereocenters. The van der Waals surface area contributed by atoms with Crippen molar-refractivity contribution < 1.29 is 9.90 Å². The summed E-state index contributed by atoms with van der Waals surface area (Å²) in [7, 11) is 0. The zero-order valence-electron chi connectivity index (χ0n) is 11.4. The SMILES string of the molecule is CCc1ccccc1CNC(=O)c1cccc(N)c1O. The highest BCUT2D eigenvalue weighted by atomic mass is 16.3. The van der Waals surface area contributed by atoms with Crippen molar-refractivity contribution >= 4 is 11.6 Å². The smallest absolute Gasteiger partial charge is 0.255 e. The highest BCUT2D eigenvalue weighted by Crippen LogP contribution is 2.24. The Morgan fingerprint density at radius 2 is 1.85 bits per heavy atom. The second-order valence-corrected chi connectivity index (χ2v) is 4.55. The molecule has 4 N–H and O–H groups in total. The molecule has 4 heteroatoms. The van der Waals surface area contributed by atoms with Crippen LogP contribution in [0.3, 0.4) is 0 Å². The number of nitrogen functional groups attached to an aromatic ring is 1. The van der Waals surface area contributed by atoms with Gasteiger partial charge in [-0.3, -0.25) is 4.79 Å². The van der Waals surface area contributed by atoms with Crippen LogP contribution in [-0.4, -0.2) is 11.0 Å². The molecule has 2 aromatic carbocycles. The molecule has 20 heavy (non-hydrogen) atoms. The summed E-state index contributed by atoms with van der Waals surface area (Å²) in [5.41, 5.74) is 8.25. The molecule has 0 radical (unpaired) electrons. The topological polar surface area (TPSA) is 75.4 Å². The van der Waals surface area contributed by atoms with Crippen LogP contribution in [0, 0.1) is 0 Å². The molecule has 0 spiro atoms. The van der Waals surface area contributed by atoms with E-state index in [-0.39, 0.29) is 22.9 Å². The lowest BCUT2D eigenvalue weighted by molar-refractivity contribution is 0.0948. The van der Waals surface area contributed by atoms with E-state index < -0.39 is 0 Å². The third-order valence-electron chi connectivity index (χ3n) is 3.25. The number of aryl methyl sites for hydroxylation is 1. The predicted octanol–water partition coefficient (Wildman–Crippen LogP) is 2.47. The lowest BCUT2D eigenvalue weighted by Crippen LogP contribution is -2.23. The fraction of sp³-hybridized carbons (Fsp3) is 0.188. The summed E-state index contributed by atoms with van der Waals surface area (Å²) in [6.45, 7) is 2.50. The number of carbonyl (C=O) groups excluding carboxylic acids is 1. The number of para-hydroxylation sites is 1. The van der Waals surface area contributed by atoms with Gasteiger partial charge in [-0.2, -0.15) is 0 Å². The fourth-order valence-corrected chi connectivity index (χ4v) is 2.09. The van der Waals surface area contributed by atoms with Gasteiger partial charge in [-0.1, -0.05) is 37.3 Å². The van der Waals surface area contributed by atoms with Gasteiger partial charge in [0.1, 0.15) is 0 Å². The Bertz CT molecular complexity index is 624. The average molecular weight is 270 g/mol. The maximum atomic E-state index is 12.1. The number of amides is 1. The Morgan fingerprint density at radius 1 is 1.15 bits per heavy atom. The van der Waals surface area contributed by atoms with Crippen molar-refractivity contribution in [2.45, 2.75) is 19.9 Å². The van der Waals surface area contributed by atoms with Crippen molar-refractivity contribution in [1.29, 1.82) is 0 Å². The van der Waals surface area contributed by atoms with Gasteiger partial charge < -0.3 is 16.2 Å². The number of hydrogen-bond acceptors (Lipinski definition) is 3. The summed E-state index contributed by atoms with van der Waals surface area (Å²) < 4.78 is 0. The Morgan fingerprint density at radius 3 is 2.55 bits per heavy atom. The molecular formula is C16H18N2O2. The average Bonchev–Trinajstić information content (AvgIpc) is 2.48. The third kappa shape index (κ3) is 2.91. The minimum atomic E-state index is -0.333. The number of nitrogens with one attached hydrogen (secondary N) is 1. The van der Waals surface area contributed by atoms with Gasteiger partial charge in [0, 0.05) is 6.54 Å². The molecule has 4 nitrogen and oxygen atoms in total. The summed E-state index contributed by atoms with van der Waals surface area (Å²) >= 11 is 0. The Hall–Kier alpha value is -2.49. The highest BCUT2D eigenvalue weighted by Gasteiger charge is 2.12. The Kier molecular flexibility index (Phi) is 4.25. The number of anilines is 1. The number of nitrogens with two attached hydrogens (primary N) is 1. The van der Waals surface area contributed by atoms with Gasteiger partial charge in [0.15, 0.2) is 5.75 Å². The monoisotopic (exact) mass is 270 g/mol. The van der Waals surface area contributed by atoms with E-state index in [0.717, 1.165) is 12.0 Å². The Labute approximate surface area is 118 Å². The first-order chi connectivity index (χ1) is 9.63. The third-order valence-corrected chi connectivity index (χ3v) is 3.25. The summed E-state index contributed by atoms with van der Waals surface area (Å²) in [6, 6.07) is 12.7. The Balaban J connectivity index is 2.11. The zero-order chi connectivity index (χ0) is 14.5. The zero-order valence-corrected chi connectivity index (χ0v) is 11.4. The number of carbonyl (C=O) groups is 1. The molecule has 104 valence electrons. The van der Waals surface area contributed by atoms with E-state index in [4.69, 9.17) is 5.73 Å². The van der Waals surface area contributed by atoms with E-state index >= 15 is 0 Å². The molecule has 0 heterocycles. The lowest BCUT2D eigenvalue weighted by atomic mass is 10.1. The number of hydrogen-bond donors (Lipinski definition) is 3. The molecule has 0 aromatic heterocycles. The molecule has 0 aliphatic heterocycles. The maximum Gasteiger partial charge on any atom is 0.255 e. The number of phenolic OH excluding ortho intramolecular Hbond substituents is 1. The van der Waals surface area contributed by atoms with Crippen LogP contribution in [0.1, 0.15) is 28.4 Å². The van der Waals surface area contributed by atoms with Crippen LogP contribution in [0.2, 0.25) is 0 Å². The van der Waals surface area contributed by atoms with Gasteiger partial charge in [0.2, 0.25) is 0 Å². The lowest BCUT2D eigenvalue weighted by Gasteiger charge is -2.10. The summed E-state index contributed by atoms with van der Waals surface area (Å²) in [4.78, 5) is 12.1. The van der Waals surface area contributed by atoms with Gasteiger partial charge in [0.25, 0.3) is 5.91 Å². The van der Waals surface area contributed by atoms with Crippen LogP contribution in [0.5, 0.6) is 5.75 Å². The second-order valence-electron chi connectivity index (χ2n) is 4.55. The molecule has 2 rings (SSSR count). The normalized spacial score (nSPS) is 10.2. The molecule has 0 atom stereocenters. The van der Waals surface area contributed by atoms with Gasteiger partial charge >= 0.3 is 0 Å². The quantitative estimate of drug-likeness (QED) is 0.590. The van der Waals surface area contributed by atoms with E-state index in [9.17, 15) is 9.90 Å². The van der Waals surface area contributed by atoms with Crippen molar-refractivity contribution in [2.75, 3.05) is 5.73 Å². The molecule has 0 saturated carbocycles. The maximum absolute atomic E-state index is 12.1. The van der Waals surface area contributed by atoms with Crippen LogP contribution in [-0.2, 0) is 13.0 Å². The van der Waals surface area contributed by atoms with Crippen LogP contribution in [0.4, 0.5) is 5.69 Å². The van der Waals surface area contributed by atoms with Crippen molar-refractivity contribution in [1.82, 2.24) is 5.32 Å². The molecule has 0 aliphatic carbocycles. The van der Waals surface area contributed by atoms with Crippen LogP contribution in [0.25, 0.3) is 0 Å². The summed E-state index contributed by atoms with van der Waals surface area (Å²) in [6.07, 6.45) is 0.912. The fourth-order valence-electron chi connectivity index (χ4n) is 2.09. The second kappa shape index (κ2) is 6.10. The predicted molar refractivity (Wildman–Crippen MR) is 79.5 cm³/mol. The van der Waals surface area contributed by atoms with Crippen LogP contribution >= 0.6 is 0 Å². The van der Waals surface area contributed by atoms with E-state index in [1.54, 1.807) is 18.2 Å². The molecule has 1 amide bonds. The van der Waals surface area contributed by atoms with Crippen molar-refractivity contribution in [2.24, 2.45) is 0 Å². The van der Waals surface area contributed by atoms with E-state index in [1.807, 2.05) is 24.3 Å². The molecular weight excluding hydrogens is 252 g/mol. The summed E-state index contributed by atoms with van der Waals surface area (Å²) in [5, 5.41) is 12.6. The van der Waals surface area contributed by atoms with E-state index in [0.29, 0.717) is 6.54 Å². The van der Waals surface area contributed by atoms with E-state index in [1.165, 1.54) is 5.56 Å². The molecule has 0 fully saturated rings. The number of aromatic hydroxyl groups is 1. The van der Waals surface area contributed by atoms with E-state index in [2.05, 4.69) is 12.2 Å². The standard InChI is InChI=1S/C16H18N2O2/c1-2-11-6-3-4-7-12(11)10-18-16(20)13-8-5-9-14(17)15(13)19/h3-9,19H,2,10,17H2,1H3,(H,18,20). The van der Waals surface area contributed by atoms with Gasteiger partial charge in [-0.05, 0) is 29.7 Å². The molecule has 0 saturated heterocycles. The van der Waals surface area contributed by atoms with Gasteiger partial charge in [-0.15, -0.1) is 0 Å². The molecule has 2 aromatic rings. The highest BCUT2D eigenvalue weighted by molar-refractivity contribution is 5.98. The number of rotatable bonds is 4. The number of benzene rings is 2. The van der Waals surface area contributed by atoms with Gasteiger partial charge in [-0.25, -0.2) is 0 Å². The first kappa shape index (κ1) is 13.9. The van der Waals surface area contributed by atoms with Gasteiger partial charge in [0.05, 0.1) is 11.3 Å². The van der Waals surface area contributed by atoms with Crippen LogP contribution < -0.4 is 11.1 Å². The van der Waals surface area contributed by atoms with Crippen molar-refractivity contribution in [3.63, 3.8) is 0 Å². The summed E-state index contributed by atoms with van der Waals surface area (Å²) in [5.74, 6) is -0.505. The number of phenols is 1.